The molecule has 0 aromatic heterocycles. The van der Waals surface area contributed by atoms with E-state index in [1.54, 1.807) is 25.1 Å². The van der Waals surface area contributed by atoms with Crippen molar-refractivity contribution in [2.45, 2.75) is 20.0 Å². The van der Waals surface area contributed by atoms with E-state index in [4.69, 9.17) is 21.4 Å². The largest absolute Gasteiger partial charge is 0.480 e. The van der Waals surface area contributed by atoms with Crippen molar-refractivity contribution in [3.8, 4) is 0 Å². The topological polar surface area (TPSA) is 71.2 Å². The predicted octanol–water partition coefficient (Wildman–Crippen LogP) is 4.70. The van der Waals surface area contributed by atoms with Gasteiger partial charge >= 0.3 is 5.97 Å². The van der Waals surface area contributed by atoms with E-state index in [9.17, 15) is 9.18 Å². The number of halogens is 2. The molecule has 0 radical (unpaired) electrons. The summed E-state index contributed by atoms with van der Waals surface area (Å²) < 4.78 is 18.9. The third-order valence-electron chi connectivity index (χ3n) is 3.90. The first-order valence-corrected chi connectivity index (χ1v) is 8.82. The molecule has 0 aliphatic carbocycles. The zero-order valence-corrected chi connectivity index (χ0v) is 16.1. The van der Waals surface area contributed by atoms with Gasteiger partial charge in [0.25, 0.3) is 0 Å². The van der Waals surface area contributed by atoms with E-state index < -0.39 is 12.5 Å². The molecular formula is C21H20ClFN2O3. The number of carboxylic acids is 1. The Morgan fingerprint density at radius 2 is 1.89 bits per heavy atom. The zero-order chi connectivity index (χ0) is 20.5. The summed E-state index contributed by atoms with van der Waals surface area (Å²) in [5.74, 6) is -1.31. The van der Waals surface area contributed by atoms with E-state index in [1.807, 2.05) is 18.2 Å². The summed E-state index contributed by atoms with van der Waals surface area (Å²) in [6.45, 7) is 4.90. The molecule has 2 aromatic rings. The highest BCUT2D eigenvalue weighted by molar-refractivity contribution is 6.31. The summed E-state index contributed by atoms with van der Waals surface area (Å²) in [6, 6.07) is 13.1. The minimum absolute atomic E-state index is 0.0924. The third-order valence-corrected chi connectivity index (χ3v) is 4.27. The van der Waals surface area contributed by atoms with Crippen molar-refractivity contribution < 1.29 is 19.0 Å². The molecule has 1 N–H and O–H groups in total. The summed E-state index contributed by atoms with van der Waals surface area (Å²) in [4.78, 5) is 19.1. The minimum Gasteiger partial charge on any atom is -0.480 e. The van der Waals surface area contributed by atoms with E-state index in [-0.39, 0.29) is 18.3 Å². The molecule has 2 aromatic carbocycles. The highest BCUT2D eigenvalue weighted by atomic mass is 35.5. The predicted molar refractivity (Wildman–Crippen MR) is 109 cm³/mol. The fourth-order valence-corrected chi connectivity index (χ4v) is 2.59. The molecule has 0 saturated carbocycles. The Kier molecular flexibility index (Phi) is 7.89. The van der Waals surface area contributed by atoms with Crippen LogP contribution >= 0.6 is 11.6 Å². The maximum absolute atomic E-state index is 13.1. The summed E-state index contributed by atoms with van der Waals surface area (Å²) in [5.41, 5.74) is 2.65. The molecule has 0 aliphatic rings. The Morgan fingerprint density at radius 1 is 1.21 bits per heavy atom. The van der Waals surface area contributed by atoms with Crippen LogP contribution in [0.4, 0.5) is 4.39 Å². The average Bonchev–Trinajstić information content (AvgIpc) is 2.68. The second-order valence-corrected chi connectivity index (χ2v) is 6.33. The van der Waals surface area contributed by atoms with Crippen LogP contribution in [0.15, 0.2) is 69.8 Å². The number of nitrogens with zero attached hydrogens (tertiary/aromatic N) is 2. The summed E-state index contributed by atoms with van der Waals surface area (Å²) in [5, 5.41) is 9.58. The SMILES string of the molecule is C=N/C(C)=C(/Cc1ccccc1Cl)C(=NCC(=O)O)OCc1ccc(F)cc1. The Labute approximate surface area is 167 Å². The van der Waals surface area contributed by atoms with Crippen molar-refractivity contribution in [2.24, 2.45) is 9.98 Å². The molecule has 0 spiro atoms. The number of benzene rings is 2. The normalized spacial score (nSPS) is 12.3. The standard InChI is InChI=1S/C21H20ClFN2O3/c1-14(24-2)18(11-16-5-3-4-6-19(16)22)21(25-12-20(26)27)28-13-15-7-9-17(23)10-8-15/h3-10H,2,11-13H2,1H3,(H,26,27)/b18-14-,25-21?. The third kappa shape index (κ3) is 6.32. The Morgan fingerprint density at radius 3 is 2.50 bits per heavy atom. The van der Waals surface area contributed by atoms with Crippen molar-refractivity contribution >= 4 is 30.2 Å². The molecule has 0 unspecified atom stereocenters. The van der Waals surface area contributed by atoms with Gasteiger partial charge in [0.1, 0.15) is 19.0 Å². The van der Waals surface area contributed by atoms with E-state index >= 15 is 0 Å². The Bertz CT molecular complexity index is 908. The highest BCUT2D eigenvalue weighted by Gasteiger charge is 2.16. The van der Waals surface area contributed by atoms with Gasteiger partial charge in [-0.2, -0.15) is 0 Å². The number of carboxylic acid groups (broad SMARTS) is 1. The van der Waals surface area contributed by atoms with Crippen LogP contribution in [0.5, 0.6) is 0 Å². The van der Waals surface area contributed by atoms with Crippen LogP contribution in [0.25, 0.3) is 0 Å². The van der Waals surface area contributed by atoms with Gasteiger partial charge in [-0.05, 0) is 43.0 Å². The lowest BCUT2D eigenvalue weighted by molar-refractivity contribution is -0.135. The van der Waals surface area contributed by atoms with Crippen LogP contribution in [0.3, 0.4) is 0 Å². The first-order valence-electron chi connectivity index (χ1n) is 8.44. The van der Waals surface area contributed by atoms with Crippen LogP contribution in [-0.4, -0.2) is 30.2 Å². The van der Waals surface area contributed by atoms with E-state index in [0.717, 1.165) is 5.56 Å². The first kappa shape index (κ1) is 21.3. The quantitative estimate of drug-likeness (QED) is 0.514. The van der Waals surface area contributed by atoms with Crippen molar-refractivity contribution in [3.05, 3.63) is 81.8 Å². The number of ether oxygens (including phenoxy) is 1. The molecule has 5 nitrogen and oxygen atoms in total. The number of carbonyl (C=O) groups is 1. The van der Waals surface area contributed by atoms with Crippen LogP contribution in [-0.2, 0) is 22.6 Å². The Balaban J connectivity index is 2.34. The van der Waals surface area contributed by atoms with Crippen molar-refractivity contribution in [1.82, 2.24) is 0 Å². The monoisotopic (exact) mass is 402 g/mol. The van der Waals surface area contributed by atoms with Crippen molar-refractivity contribution in [1.29, 1.82) is 0 Å². The molecule has 0 saturated heterocycles. The van der Waals surface area contributed by atoms with Crippen molar-refractivity contribution in [2.75, 3.05) is 6.54 Å². The maximum Gasteiger partial charge on any atom is 0.325 e. The van der Waals surface area contributed by atoms with Gasteiger partial charge in [-0.15, -0.1) is 0 Å². The number of hydrogen-bond acceptors (Lipinski definition) is 4. The fraction of sp³-hybridized carbons (Fsp3) is 0.190. The molecule has 0 amide bonds. The molecule has 28 heavy (non-hydrogen) atoms. The van der Waals surface area contributed by atoms with Gasteiger partial charge in [0.15, 0.2) is 0 Å². The number of aliphatic carboxylic acids is 1. The van der Waals surface area contributed by atoms with Gasteiger partial charge in [0, 0.05) is 22.7 Å². The fourth-order valence-electron chi connectivity index (χ4n) is 2.39. The zero-order valence-electron chi connectivity index (χ0n) is 15.4. The van der Waals surface area contributed by atoms with Crippen LogP contribution < -0.4 is 0 Å². The van der Waals surface area contributed by atoms with Gasteiger partial charge in [-0.1, -0.05) is 41.9 Å². The second-order valence-electron chi connectivity index (χ2n) is 5.92. The van der Waals surface area contributed by atoms with Crippen molar-refractivity contribution in [3.63, 3.8) is 0 Å². The second kappa shape index (κ2) is 10.4. The van der Waals surface area contributed by atoms with Gasteiger partial charge in [0.2, 0.25) is 5.90 Å². The molecule has 0 fully saturated rings. The minimum atomic E-state index is -1.09. The number of rotatable bonds is 8. The van der Waals surface area contributed by atoms with Crippen LogP contribution in [0.2, 0.25) is 5.02 Å². The summed E-state index contributed by atoms with van der Waals surface area (Å²) >= 11 is 6.26. The molecule has 0 aliphatic heterocycles. The smallest absolute Gasteiger partial charge is 0.325 e. The van der Waals surface area contributed by atoms with Crippen LogP contribution in [0.1, 0.15) is 18.1 Å². The lowest BCUT2D eigenvalue weighted by Gasteiger charge is -2.15. The average molecular weight is 403 g/mol. The van der Waals surface area contributed by atoms with Gasteiger partial charge in [-0.25, -0.2) is 9.38 Å². The van der Waals surface area contributed by atoms with Crippen LogP contribution in [0, 0.1) is 5.82 Å². The van der Waals surface area contributed by atoms with Gasteiger partial charge in [-0.3, -0.25) is 9.79 Å². The van der Waals surface area contributed by atoms with E-state index in [0.29, 0.717) is 28.3 Å². The molecular weight excluding hydrogens is 383 g/mol. The van der Waals surface area contributed by atoms with Gasteiger partial charge in [0.05, 0.1) is 0 Å². The van der Waals surface area contributed by atoms with Gasteiger partial charge < -0.3 is 9.84 Å². The van der Waals surface area contributed by atoms with E-state index in [1.165, 1.54) is 12.1 Å². The molecule has 2 rings (SSSR count). The number of hydrogen-bond donors (Lipinski definition) is 1. The summed E-state index contributed by atoms with van der Waals surface area (Å²) in [6.07, 6.45) is 0.340. The lowest BCUT2D eigenvalue weighted by atomic mass is 10.0. The molecule has 0 bridgehead atoms. The first-order chi connectivity index (χ1) is 13.4. The molecule has 146 valence electrons. The highest BCUT2D eigenvalue weighted by Crippen LogP contribution is 2.22. The molecule has 0 atom stereocenters. The molecule has 7 heteroatoms. The Hall–Kier alpha value is -2.99. The number of aliphatic imine (C=N–C) groups is 2. The summed E-state index contributed by atoms with van der Waals surface area (Å²) in [7, 11) is 0. The molecule has 0 heterocycles. The number of allylic oxidation sites excluding steroid dienone is 1. The van der Waals surface area contributed by atoms with E-state index in [2.05, 4.69) is 16.7 Å². The maximum atomic E-state index is 13.1. The lowest BCUT2D eigenvalue weighted by Crippen LogP contribution is -2.15.